The molecule has 0 aromatic heterocycles. The first kappa shape index (κ1) is 21.1. The summed E-state index contributed by atoms with van der Waals surface area (Å²) in [6, 6.07) is 10.4. The van der Waals surface area contributed by atoms with Gasteiger partial charge in [-0.3, -0.25) is 14.6 Å². The Morgan fingerprint density at radius 3 is 2.45 bits per heavy atom. The molecule has 3 aliphatic heterocycles. The third-order valence-corrected chi connectivity index (χ3v) is 6.19. The van der Waals surface area contributed by atoms with Crippen LogP contribution in [0, 0.1) is 5.82 Å². The summed E-state index contributed by atoms with van der Waals surface area (Å²) >= 11 is 0. The number of fused-ring (bicyclic) bond motifs is 1. The van der Waals surface area contributed by atoms with Crippen molar-refractivity contribution < 1.29 is 18.7 Å². The molecular weight excluding hydrogens is 423 g/mol. The highest BCUT2D eigenvalue weighted by Gasteiger charge is 2.37. The van der Waals surface area contributed by atoms with Crippen LogP contribution in [0.2, 0.25) is 0 Å². The van der Waals surface area contributed by atoms with Crippen molar-refractivity contribution >= 4 is 28.9 Å². The first-order valence-electron chi connectivity index (χ1n) is 11.0. The van der Waals surface area contributed by atoms with Crippen molar-refractivity contribution in [3.63, 3.8) is 0 Å². The second kappa shape index (κ2) is 8.27. The molecule has 0 radical (unpaired) electrons. The summed E-state index contributed by atoms with van der Waals surface area (Å²) in [5.41, 5.74) is 6.18. The number of hydrogen-bond donors (Lipinski definition) is 1. The molecule has 0 fully saturated rings. The number of anilines is 3. The standard InChI is InChI=1S/C25H25FN4O3/c1-16-15-28(25(32)24-5-3-12-33-24)23-14-19(7-9-22(23)30(16)17(2)31)18-6-8-21(20(26)13-18)29-11-4-10-27-29/h3-4,6-10,12-14,16,24,27H,5,11,15H2,1-2H3/t16-,24?/m0/s1. The molecule has 3 aliphatic rings. The van der Waals surface area contributed by atoms with Gasteiger partial charge in [0.15, 0.2) is 6.10 Å². The van der Waals surface area contributed by atoms with E-state index in [1.165, 1.54) is 13.0 Å². The second-order valence-corrected chi connectivity index (χ2v) is 8.43. The van der Waals surface area contributed by atoms with Gasteiger partial charge in [0.1, 0.15) is 5.82 Å². The fraction of sp³-hybridized carbons (Fsp3) is 0.280. The van der Waals surface area contributed by atoms with E-state index in [0.717, 1.165) is 5.56 Å². The highest BCUT2D eigenvalue weighted by Crippen LogP contribution is 2.40. The fourth-order valence-corrected chi connectivity index (χ4v) is 4.64. The molecule has 5 rings (SSSR count). The van der Waals surface area contributed by atoms with Crippen LogP contribution in [0.4, 0.5) is 21.5 Å². The molecule has 2 atom stereocenters. The monoisotopic (exact) mass is 448 g/mol. The van der Waals surface area contributed by atoms with E-state index in [1.54, 1.807) is 33.3 Å². The number of halogens is 1. The molecule has 1 unspecified atom stereocenters. The number of carbonyl (C=O) groups is 2. The van der Waals surface area contributed by atoms with Crippen LogP contribution in [-0.2, 0) is 14.3 Å². The normalized spacial score (nSPS) is 21.1. The Hall–Kier alpha value is -3.81. The van der Waals surface area contributed by atoms with Gasteiger partial charge >= 0.3 is 0 Å². The summed E-state index contributed by atoms with van der Waals surface area (Å²) in [5, 5.41) is 1.72. The van der Waals surface area contributed by atoms with Crippen molar-refractivity contribution in [2.45, 2.75) is 32.4 Å². The average molecular weight is 448 g/mol. The molecule has 0 saturated heterocycles. The van der Waals surface area contributed by atoms with E-state index in [-0.39, 0.29) is 23.7 Å². The molecule has 0 spiro atoms. The minimum absolute atomic E-state index is 0.0931. The van der Waals surface area contributed by atoms with Crippen LogP contribution < -0.4 is 20.2 Å². The van der Waals surface area contributed by atoms with Crippen molar-refractivity contribution in [3.8, 4) is 11.1 Å². The Labute approximate surface area is 191 Å². The van der Waals surface area contributed by atoms with E-state index in [0.29, 0.717) is 42.1 Å². The van der Waals surface area contributed by atoms with Crippen LogP contribution in [0.5, 0.6) is 0 Å². The van der Waals surface area contributed by atoms with Crippen molar-refractivity contribution in [1.29, 1.82) is 0 Å². The Bertz CT molecular complexity index is 1160. The van der Waals surface area contributed by atoms with Crippen molar-refractivity contribution in [3.05, 3.63) is 66.8 Å². The minimum Gasteiger partial charge on any atom is -0.488 e. The molecule has 7 nitrogen and oxygen atoms in total. The van der Waals surface area contributed by atoms with Gasteiger partial charge in [-0.25, -0.2) is 4.39 Å². The van der Waals surface area contributed by atoms with Gasteiger partial charge < -0.3 is 20.0 Å². The van der Waals surface area contributed by atoms with Crippen molar-refractivity contribution in [1.82, 2.24) is 5.43 Å². The number of carbonyl (C=O) groups excluding carboxylic acids is 2. The first-order chi connectivity index (χ1) is 15.9. The quantitative estimate of drug-likeness (QED) is 0.776. The lowest BCUT2D eigenvalue weighted by Gasteiger charge is -2.41. The smallest absolute Gasteiger partial charge is 0.268 e. The lowest BCUT2D eigenvalue weighted by molar-refractivity contribution is -0.126. The van der Waals surface area contributed by atoms with Crippen molar-refractivity contribution in [2.75, 3.05) is 27.9 Å². The predicted octanol–water partition coefficient (Wildman–Crippen LogP) is 3.72. The molecule has 3 heterocycles. The maximum Gasteiger partial charge on any atom is 0.268 e. The van der Waals surface area contributed by atoms with Crippen molar-refractivity contribution in [2.24, 2.45) is 0 Å². The summed E-state index contributed by atoms with van der Waals surface area (Å²) in [4.78, 5) is 29.0. The number of benzene rings is 2. The van der Waals surface area contributed by atoms with Gasteiger partial charge in [-0.05, 0) is 54.5 Å². The predicted molar refractivity (Wildman–Crippen MR) is 125 cm³/mol. The molecule has 0 bridgehead atoms. The largest absolute Gasteiger partial charge is 0.488 e. The van der Waals surface area contributed by atoms with Gasteiger partial charge in [-0.15, -0.1) is 0 Å². The number of rotatable bonds is 3. The zero-order valence-corrected chi connectivity index (χ0v) is 18.5. The summed E-state index contributed by atoms with van der Waals surface area (Å²) in [5.74, 6) is -0.592. The Morgan fingerprint density at radius 2 is 1.82 bits per heavy atom. The molecule has 1 N–H and O–H groups in total. The van der Waals surface area contributed by atoms with Gasteiger partial charge in [0.25, 0.3) is 5.91 Å². The third kappa shape index (κ3) is 3.71. The summed E-state index contributed by atoms with van der Waals surface area (Å²) in [7, 11) is 0. The van der Waals surface area contributed by atoms with E-state index in [4.69, 9.17) is 4.74 Å². The van der Waals surface area contributed by atoms with Gasteiger partial charge in [0.05, 0.1) is 35.9 Å². The van der Waals surface area contributed by atoms with Crippen LogP contribution in [0.3, 0.4) is 0 Å². The SMILES string of the molecule is CC(=O)N1c2ccc(-c3ccc(N4CC=CN4)c(F)c3)cc2N(C(=O)C2CC=CO2)C[C@@H]1C. The van der Waals surface area contributed by atoms with E-state index < -0.39 is 6.10 Å². The minimum atomic E-state index is -0.573. The number of nitrogens with zero attached hydrogens (tertiary/aromatic N) is 3. The molecule has 8 heteroatoms. The van der Waals surface area contributed by atoms with E-state index >= 15 is 0 Å². The number of ether oxygens (including phenoxy) is 1. The summed E-state index contributed by atoms with van der Waals surface area (Å²) in [6.07, 6.45) is 6.99. The molecule has 2 aromatic carbocycles. The van der Waals surface area contributed by atoms with Gasteiger partial charge in [-0.1, -0.05) is 12.1 Å². The van der Waals surface area contributed by atoms with E-state index in [2.05, 4.69) is 5.43 Å². The van der Waals surface area contributed by atoms with Gasteiger partial charge in [0.2, 0.25) is 5.91 Å². The van der Waals surface area contributed by atoms with Gasteiger partial charge in [0, 0.05) is 26.1 Å². The Morgan fingerprint density at radius 1 is 1.06 bits per heavy atom. The van der Waals surface area contributed by atoms with Crippen LogP contribution in [0.1, 0.15) is 20.3 Å². The fourth-order valence-electron chi connectivity index (χ4n) is 4.64. The zero-order chi connectivity index (χ0) is 23.1. The zero-order valence-electron chi connectivity index (χ0n) is 18.5. The van der Waals surface area contributed by atoms with Crippen LogP contribution >= 0.6 is 0 Å². The first-order valence-corrected chi connectivity index (χ1v) is 11.0. The topological polar surface area (TPSA) is 65.1 Å². The summed E-state index contributed by atoms with van der Waals surface area (Å²) in [6.45, 7) is 4.38. The lowest BCUT2D eigenvalue weighted by atomic mass is 9.99. The van der Waals surface area contributed by atoms with Gasteiger partial charge in [-0.2, -0.15) is 0 Å². The molecule has 0 saturated carbocycles. The molecule has 2 aromatic rings. The number of amides is 2. The Balaban J connectivity index is 1.53. The molecule has 33 heavy (non-hydrogen) atoms. The molecule has 2 amide bonds. The van der Waals surface area contributed by atoms with Crippen LogP contribution in [-0.4, -0.2) is 37.0 Å². The Kier molecular flexibility index (Phi) is 5.28. The second-order valence-electron chi connectivity index (χ2n) is 8.43. The number of hydrazine groups is 1. The highest BCUT2D eigenvalue weighted by atomic mass is 19.1. The molecular formula is C25H25FN4O3. The van der Waals surface area contributed by atoms with Crippen LogP contribution in [0.25, 0.3) is 11.1 Å². The maximum absolute atomic E-state index is 14.9. The van der Waals surface area contributed by atoms with Crippen LogP contribution in [0.15, 0.2) is 61.0 Å². The maximum atomic E-state index is 14.9. The molecule has 0 aliphatic carbocycles. The third-order valence-electron chi connectivity index (χ3n) is 6.19. The van der Waals surface area contributed by atoms with E-state index in [9.17, 15) is 14.0 Å². The van der Waals surface area contributed by atoms with E-state index in [1.807, 2.05) is 43.3 Å². The number of nitrogens with one attached hydrogen (secondary N) is 1. The summed E-state index contributed by atoms with van der Waals surface area (Å²) < 4.78 is 20.4. The lowest BCUT2D eigenvalue weighted by Crippen LogP contribution is -2.53. The average Bonchev–Trinajstić information content (AvgIpc) is 3.52. The molecule has 170 valence electrons. The highest BCUT2D eigenvalue weighted by molar-refractivity contribution is 6.06. The number of hydrogen-bond acceptors (Lipinski definition) is 5.